The summed E-state index contributed by atoms with van der Waals surface area (Å²) in [7, 11) is 1.57. The predicted octanol–water partition coefficient (Wildman–Crippen LogP) is 2.03. The Morgan fingerprint density at radius 2 is 2.00 bits per heavy atom. The summed E-state index contributed by atoms with van der Waals surface area (Å²) in [4.78, 5) is 30.6. The van der Waals surface area contributed by atoms with Crippen molar-refractivity contribution in [2.75, 3.05) is 31.7 Å². The molecule has 2 atom stereocenters. The second kappa shape index (κ2) is 8.36. The normalized spacial score (nSPS) is 23.4. The quantitative estimate of drug-likeness (QED) is 0.680. The Hall–Kier alpha value is -3.25. The van der Waals surface area contributed by atoms with E-state index in [1.54, 1.807) is 31.6 Å². The molecule has 1 saturated carbocycles. The number of ether oxygens (including phenoxy) is 2. The van der Waals surface area contributed by atoms with E-state index < -0.39 is 5.60 Å². The van der Waals surface area contributed by atoms with Gasteiger partial charge in [-0.1, -0.05) is 0 Å². The molecule has 4 heterocycles. The van der Waals surface area contributed by atoms with E-state index in [9.17, 15) is 4.79 Å². The molecule has 2 aromatic rings. The van der Waals surface area contributed by atoms with E-state index in [0.717, 1.165) is 37.9 Å². The number of anilines is 1. The summed E-state index contributed by atoms with van der Waals surface area (Å²) in [5.41, 5.74) is -0.0470. The van der Waals surface area contributed by atoms with Gasteiger partial charge in [-0.15, -0.1) is 0 Å². The molecular formula is C23H26N6O3. The maximum Gasteiger partial charge on any atom is 0.248 e. The first-order valence-corrected chi connectivity index (χ1v) is 11.1. The smallest absolute Gasteiger partial charge is 0.248 e. The first-order chi connectivity index (χ1) is 15.6. The van der Waals surface area contributed by atoms with Crippen LogP contribution in [0.4, 0.5) is 5.82 Å². The maximum atomic E-state index is 13.1. The van der Waals surface area contributed by atoms with Crippen molar-refractivity contribution in [2.24, 2.45) is 0 Å². The molecule has 2 saturated heterocycles. The Morgan fingerprint density at radius 3 is 2.59 bits per heavy atom. The molecule has 2 aromatic heterocycles. The van der Waals surface area contributed by atoms with Crippen molar-refractivity contribution in [3.05, 3.63) is 42.0 Å². The lowest BCUT2D eigenvalue weighted by Gasteiger charge is -2.43. The van der Waals surface area contributed by atoms with Gasteiger partial charge in [0.25, 0.3) is 0 Å². The molecule has 1 amide bonds. The van der Waals surface area contributed by atoms with E-state index in [-0.39, 0.29) is 24.6 Å². The molecule has 32 heavy (non-hydrogen) atoms. The van der Waals surface area contributed by atoms with Crippen LogP contribution in [0, 0.1) is 11.3 Å². The van der Waals surface area contributed by atoms with E-state index in [1.165, 1.54) is 0 Å². The highest BCUT2D eigenvalue weighted by molar-refractivity contribution is 5.78. The van der Waals surface area contributed by atoms with Crippen LogP contribution in [-0.2, 0) is 15.1 Å². The summed E-state index contributed by atoms with van der Waals surface area (Å²) in [5, 5.41) is 9.01. The molecule has 2 bridgehead atoms. The zero-order chi connectivity index (χ0) is 22.1. The van der Waals surface area contributed by atoms with Crippen LogP contribution in [0.2, 0.25) is 0 Å². The van der Waals surface area contributed by atoms with Gasteiger partial charge in [-0.05, 0) is 44.2 Å². The number of rotatable bonds is 6. The first-order valence-electron chi connectivity index (χ1n) is 11.1. The maximum absolute atomic E-state index is 13.1. The van der Waals surface area contributed by atoms with E-state index >= 15 is 0 Å². The van der Waals surface area contributed by atoms with Crippen LogP contribution in [0.25, 0.3) is 0 Å². The molecule has 0 N–H and O–H groups in total. The van der Waals surface area contributed by atoms with Crippen LogP contribution >= 0.6 is 0 Å². The topological polar surface area (TPSA) is 104 Å². The predicted molar refractivity (Wildman–Crippen MR) is 115 cm³/mol. The van der Waals surface area contributed by atoms with Gasteiger partial charge in [-0.25, -0.2) is 9.97 Å². The lowest BCUT2D eigenvalue weighted by molar-refractivity contribution is -0.156. The molecule has 2 unspecified atom stereocenters. The molecule has 3 fully saturated rings. The van der Waals surface area contributed by atoms with Crippen LogP contribution < -0.4 is 9.64 Å². The van der Waals surface area contributed by atoms with Gasteiger partial charge in [0.15, 0.2) is 5.82 Å². The van der Waals surface area contributed by atoms with Gasteiger partial charge in [0.05, 0.1) is 12.7 Å². The minimum absolute atomic E-state index is 0.00325. The van der Waals surface area contributed by atoms with Crippen molar-refractivity contribution >= 4 is 11.7 Å². The average Bonchev–Trinajstić information content (AvgIpc) is 3.07. The molecule has 0 aromatic carbocycles. The fraction of sp³-hybridized carbons (Fsp3) is 0.522. The monoisotopic (exact) mass is 434 g/mol. The number of methoxy groups -OCH3 is 1. The van der Waals surface area contributed by atoms with Gasteiger partial charge in [-0.2, -0.15) is 10.2 Å². The number of aromatic nitrogens is 3. The molecule has 5 rings (SSSR count). The van der Waals surface area contributed by atoms with E-state index in [0.29, 0.717) is 30.4 Å². The fourth-order valence-corrected chi connectivity index (χ4v) is 4.98. The van der Waals surface area contributed by atoms with Crippen LogP contribution in [-0.4, -0.2) is 64.6 Å². The number of fused-ring (bicyclic) bond motifs is 2. The fourth-order valence-electron chi connectivity index (χ4n) is 4.98. The minimum atomic E-state index is -0.600. The Morgan fingerprint density at radius 1 is 1.22 bits per heavy atom. The highest BCUT2D eigenvalue weighted by atomic mass is 16.5. The minimum Gasteiger partial charge on any atom is -0.481 e. The average molecular weight is 435 g/mol. The van der Waals surface area contributed by atoms with Crippen LogP contribution in [0.3, 0.4) is 0 Å². The number of likely N-dealkylation sites (tertiary alicyclic amines) is 1. The van der Waals surface area contributed by atoms with Crippen molar-refractivity contribution in [1.82, 2.24) is 19.9 Å². The Bertz CT molecular complexity index is 1020. The van der Waals surface area contributed by atoms with Crippen LogP contribution in [0.15, 0.2) is 30.6 Å². The van der Waals surface area contributed by atoms with Gasteiger partial charge in [0, 0.05) is 43.6 Å². The van der Waals surface area contributed by atoms with E-state index in [1.807, 2.05) is 11.0 Å². The molecule has 0 spiro atoms. The summed E-state index contributed by atoms with van der Waals surface area (Å²) in [6.07, 6.45) is 7.96. The number of pyridine rings is 1. The molecule has 166 valence electrons. The second-order valence-corrected chi connectivity index (χ2v) is 8.67. The molecule has 3 aliphatic rings. The molecule has 2 aliphatic heterocycles. The number of hydrogen-bond donors (Lipinski definition) is 0. The Labute approximate surface area is 187 Å². The van der Waals surface area contributed by atoms with Crippen molar-refractivity contribution < 1.29 is 14.3 Å². The SMILES string of the molecule is COc1ccnc(C2(OCC(=O)N3CC4CCC(C3)N4c3ccc(C#N)cn3)CCC2)n1. The van der Waals surface area contributed by atoms with Gasteiger partial charge in [0.2, 0.25) is 11.8 Å². The van der Waals surface area contributed by atoms with E-state index in [4.69, 9.17) is 14.7 Å². The van der Waals surface area contributed by atoms with Crippen molar-refractivity contribution in [2.45, 2.75) is 49.8 Å². The summed E-state index contributed by atoms with van der Waals surface area (Å²) in [6, 6.07) is 7.98. The number of carbonyl (C=O) groups is 1. The third-order valence-electron chi connectivity index (χ3n) is 6.86. The number of nitriles is 1. The number of hydrogen-bond acceptors (Lipinski definition) is 8. The van der Waals surface area contributed by atoms with E-state index in [2.05, 4.69) is 25.9 Å². The zero-order valence-corrected chi connectivity index (χ0v) is 18.1. The molecule has 9 heteroatoms. The Balaban J connectivity index is 1.23. The Kier molecular flexibility index (Phi) is 5.39. The number of carbonyl (C=O) groups excluding carboxylic acids is 1. The zero-order valence-electron chi connectivity index (χ0n) is 18.1. The second-order valence-electron chi connectivity index (χ2n) is 8.67. The highest BCUT2D eigenvalue weighted by Crippen LogP contribution is 2.43. The van der Waals surface area contributed by atoms with Gasteiger partial charge in [0.1, 0.15) is 24.1 Å². The molecule has 9 nitrogen and oxygen atoms in total. The largest absolute Gasteiger partial charge is 0.481 e. The number of piperazine rings is 1. The summed E-state index contributed by atoms with van der Waals surface area (Å²) >= 11 is 0. The summed E-state index contributed by atoms with van der Waals surface area (Å²) in [5.74, 6) is 1.97. The summed E-state index contributed by atoms with van der Waals surface area (Å²) in [6.45, 7) is 1.33. The number of nitrogens with zero attached hydrogens (tertiary/aromatic N) is 6. The lowest BCUT2D eigenvalue weighted by Crippen LogP contribution is -2.56. The van der Waals surface area contributed by atoms with Crippen molar-refractivity contribution in [1.29, 1.82) is 5.26 Å². The highest BCUT2D eigenvalue weighted by Gasteiger charge is 2.45. The van der Waals surface area contributed by atoms with Crippen LogP contribution in [0.5, 0.6) is 5.88 Å². The van der Waals surface area contributed by atoms with Gasteiger partial charge in [-0.3, -0.25) is 4.79 Å². The van der Waals surface area contributed by atoms with Gasteiger partial charge < -0.3 is 19.3 Å². The van der Waals surface area contributed by atoms with Crippen molar-refractivity contribution in [3.8, 4) is 11.9 Å². The third kappa shape index (κ3) is 3.65. The first kappa shape index (κ1) is 20.6. The molecule has 1 aliphatic carbocycles. The molecular weight excluding hydrogens is 408 g/mol. The summed E-state index contributed by atoms with van der Waals surface area (Å²) < 4.78 is 11.4. The standard InChI is InChI=1S/C23H26N6O3/c1-31-20-7-10-25-22(27-20)23(8-2-9-23)32-15-21(30)28-13-17-4-5-18(14-28)29(17)19-6-3-16(11-24)12-26-19/h3,6-7,10,12,17-18H,2,4-5,8-9,13-15H2,1H3. The number of amides is 1. The molecule has 0 radical (unpaired) electrons. The lowest BCUT2D eigenvalue weighted by atomic mass is 9.79. The van der Waals surface area contributed by atoms with Crippen LogP contribution in [0.1, 0.15) is 43.5 Å². The third-order valence-corrected chi connectivity index (χ3v) is 6.86. The van der Waals surface area contributed by atoms with Gasteiger partial charge >= 0.3 is 0 Å². The van der Waals surface area contributed by atoms with Crippen molar-refractivity contribution in [3.63, 3.8) is 0 Å².